The van der Waals surface area contributed by atoms with Crippen LogP contribution < -0.4 is 5.32 Å². The Bertz CT molecular complexity index is 809. The predicted molar refractivity (Wildman–Crippen MR) is 92.2 cm³/mol. The quantitative estimate of drug-likeness (QED) is 0.743. The van der Waals surface area contributed by atoms with Gasteiger partial charge in [0.15, 0.2) is 5.65 Å². The second kappa shape index (κ2) is 5.92. The average Bonchev–Trinajstić information content (AvgIpc) is 3.06. The molecule has 0 radical (unpaired) electrons. The number of aromatic nitrogens is 5. The van der Waals surface area contributed by atoms with Gasteiger partial charge in [-0.25, -0.2) is 19.6 Å². The van der Waals surface area contributed by atoms with Crippen molar-refractivity contribution in [2.75, 3.05) is 5.32 Å². The van der Waals surface area contributed by atoms with Crippen LogP contribution in [-0.4, -0.2) is 24.7 Å². The zero-order valence-electron chi connectivity index (χ0n) is 12.8. The summed E-state index contributed by atoms with van der Waals surface area (Å²) in [4.78, 5) is 13.3. The standard InChI is InChI=1S/C14H17BrN6S/c1-7(2)14-19-9(5-22-14)8(3)18-12-10-11(15)20-21(4)13(10)17-6-16-12/h5-8H,1-4H3,(H,16,17,18). The number of hydrogen-bond donors (Lipinski definition) is 1. The molecule has 3 heterocycles. The fourth-order valence-electron chi connectivity index (χ4n) is 2.19. The summed E-state index contributed by atoms with van der Waals surface area (Å²) in [5.41, 5.74) is 1.82. The van der Waals surface area contributed by atoms with Gasteiger partial charge in [-0.1, -0.05) is 13.8 Å². The highest BCUT2D eigenvalue weighted by atomic mass is 79.9. The van der Waals surface area contributed by atoms with Crippen LogP contribution in [0.25, 0.3) is 11.0 Å². The Morgan fingerprint density at radius 1 is 1.27 bits per heavy atom. The summed E-state index contributed by atoms with van der Waals surface area (Å²) in [5, 5.41) is 11.9. The van der Waals surface area contributed by atoms with Crippen molar-refractivity contribution in [3.63, 3.8) is 0 Å². The molecule has 3 aromatic rings. The van der Waals surface area contributed by atoms with E-state index in [-0.39, 0.29) is 6.04 Å². The van der Waals surface area contributed by atoms with E-state index in [2.05, 4.69) is 62.5 Å². The normalized spacial score (nSPS) is 13.0. The number of nitrogens with zero attached hydrogens (tertiary/aromatic N) is 5. The summed E-state index contributed by atoms with van der Waals surface area (Å²) < 4.78 is 2.47. The smallest absolute Gasteiger partial charge is 0.164 e. The summed E-state index contributed by atoms with van der Waals surface area (Å²) in [5.74, 6) is 1.21. The molecule has 3 rings (SSSR count). The van der Waals surface area contributed by atoms with E-state index in [0.29, 0.717) is 5.92 Å². The molecule has 0 fully saturated rings. The molecule has 0 aromatic carbocycles. The van der Waals surface area contributed by atoms with Crippen LogP contribution in [0.2, 0.25) is 0 Å². The minimum atomic E-state index is 0.0638. The lowest BCUT2D eigenvalue weighted by atomic mass is 10.2. The van der Waals surface area contributed by atoms with Gasteiger partial charge in [0, 0.05) is 18.3 Å². The Balaban J connectivity index is 1.92. The SMILES string of the molecule is CC(C)c1nc(C(C)Nc2ncnc3c2c(Br)nn3C)cs1. The van der Waals surface area contributed by atoms with E-state index < -0.39 is 0 Å². The molecule has 0 spiro atoms. The van der Waals surface area contributed by atoms with Gasteiger partial charge < -0.3 is 5.32 Å². The van der Waals surface area contributed by atoms with Crippen molar-refractivity contribution in [3.05, 3.63) is 27.0 Å². The Kier molecular flexibility index (Phi) is 4.14. The van der Waals surface area contributed by atoms with E-state index in [1.54, 1.807) is 22.3 Å². The first-order chi connectivity index (χ1) is 10.5. The number of halogens is 1. The van der Waals surface area contributed by atoms with Crippen LogP contribution in [-0.2, 0) is 7.05 Å². The van der Waals surface area contributed by atoms with E-state index in [0.717, 1.165) is 32.2 Å². The summed E-state index contributed by atoms with van der Waals surface area (Å²) in [6, 6.07) is 0.0638. The third-order valence-corrected chi connectivity index (χ3v) is 5.13. The topological polar surface area (TPSA) is 68.5 Å². The molecule has 116 valence electrons. The van der Waals surface area contributed by atoms with Crippen molar-refractivity contribution in [2.24, 2.45) is 7.05 Å². The Hall–Kier alpha value is -1.54. The summed E-state index contributed by atoms with van der Waals surface area (Å²) in [6.45, 7) is 6.39. The van der Waals surface area contributed by atoms with Crippen LogP contribution in [0.1, 0.15) is 43.4 Å². The van der Waals surface area contributed by atoms with Crippen LogP contribution in [0.4, 0.5) is 5.82 Å². The lowest BCUT2D eigenvalue weighted by molar-refractivity contribution is 0.777. The molecule has 0 aliphatic rings. The van der Waals surface area contributed by atoms with Crippen molar-refractivity contribution < 1.29 is 0 Å². The van der Waals surface area contributed by atoms with Gasteiger partial charge >= 0.3 is 0 Å². The van der Waals surface area contributed by atoms with Gasteiger partial charge in [-0.15, -0.1) is 11.3 Å². The molecule has 0 saturated heterocycles. The van der Waals surface area contributed by atoms with Gasteiger partial charge in [0.25, 0.3) is 0 Å². The Morgan fingerprint density at radius 2 is 2.05 bits per heavy atom. The van der Waals surface area contributed by atoms with Crippen molar-refractivity contribution in [1.29, 1.82) is 0 Å². The van der Waals surface area contributed by atoms with Crippen molar-refractivity contribution in [3.8, 4) is 0 Å². The van der Waals surface area contributed by atoms with Gasteiger partial charge in [-0.2, -0.15) is 5.10 Å². The van der Waals surface area contributed by atoms with E-state index >= 15 is 0 Å². The molecule has 0 aliphatic carbocycles. The minimum Gasteiger partial charge on any atom is -0.361 e. The first-order valence-electron chi connectivity index (χ1n) is 7.02. The maximum absolute atomic E-state index is 4.69. The first kappa shape index (κ1) is 15.4. The van der Waals surface area contributed by atoms with Gasteiger partial charge in [0.2, 0.25) is 0 Å². The van der Waals surface area contributed by atoms with Crippen molar-refractivity contribution in [2.45, 2.75) is 32.7 Å². The summed E-state index contributed by atoms with van der Waals surface area (Å²) in [7, 11) is 1.86. The molecule has 22 heavy (non-hydrogen) atoms. The largest absolute Gasteiger partial charge is 0.361 e. The molecule has 8 heteroatoms. The van der Waals surface area contributed by atoms with E-state index in [4.69, 9.17) is 4.98 Å². The Labute approximate surface area is 141 Å². The third kappa shape index (κ3) is 2.72. The predicted octanol–water partition coefficient (Wildman–Crippen LogP) is 3.88. The second-order valence-electron chi connectivity index (χ2n) is 5.47. The molecular formula is C14H17BrN6S. The van der Waals surface area contributed by atoms with Gasteiger partial charge in [0.05, 0.1) is 22.1 Å². The maximum atomic E-state index is 4.69. The highest BCUT2D eigenvalue weighted by Crippen LogP contribution is 2.30. The molecule has 1 N–H and O–H groups in total. The number of nitrogens with one attached hydrogen (secondary N) is 1. The van der Waals surface area contributed by atoms with E-state index in [1.165, 1.54) is 0 Å². The van der Waals surface area contributed by atoms with E-state index in [1.807, 2.05) is 7.05 Å². The fraction of sp³-hybridized carbons (Fsp3) is 0.429. The number of fused-ring (bicyclic) bond motifs is 1. The highest BCUT2D eigenvalue weighted by Gasteiger charge is 2.17. The molecule has 0 bridgehead atoms. The zero-order valence-corrected chi connectivity index (χ0v) is 15.2. The highest BCUT2D eigenvalue weighted by molar-refractivity contribution is 9.10. The van der Waals surface area contributed by atoms with Crippen LogP contribution in [0.3, 0.4) is 0 Å². The summed E-state index contributed by atoms with van der Waals surface area (Å²) >= 11 is 5.17. The van der Waals surface area contributed by atoms with E-state index in [9.17, 15) is 0 Å². The number of aryl methyl sites for hydroxylation is 1. The first-order valence-corrected chi connectivity index (χ1v) is 8.69. The molecule has 6 nitrogen and oxygen atoms in total. The number of anilines is 1. The average molecular weight is 381 g/mol. The second-order valence-corrected chi connectivity index (χ2v) is 7.11. The Morgan fingerprint density at radius 3 is 2.73 bits per heavy atom. The van der Waals surface area contributed by atoms with Crippen molar-refractivity contribution in [1.82, 2.24) is 24.7 Å². The molecule has 0 saturated carbocycles. The molecule has 0 amide bonds. The number of rotatable bonds is 4. The van der Waals surface area contributed by atoms with Crippen molar-refractivity contribution >= 4 is 44.1 Å². The van der Waals surface area contributed by atoms with Crippen LogP contribution in [0.5, 0.6) is 0 Å². The third-order valence-electron chi connectivity index (χ3n) is 3.41. The monoisotopic (exact) mass is 380 g/mol. The molecule has 1 unspecified atom stereocenters. The van der Waals surface area contributed by atoms with Gasteiger partial charge in [-0.05, 0) is 22.9 Å². The number of thiazole rings is 1. The number of hydrogen-bond acceptors (Lipinski definition) is 6. The lowest BCUT2D eigenvalue weighted by Gasteiger charge is -2.13. The van der Waals surface area contributed by atoms with Gasteiger partial charge in [0.1, 0.15) is 16.7 Å². The van der Waals surface area contributed by atoms with Gasteiger partial charge in [-0.3, -0.25) is 0 Å². The fourth-order valence-corrected chi connectivity index (χ4v) is 3.73. The molecule has 3 aromatic heterocycles. The zero-order chi connectivity index (χ0) is 15.9. The molecule has 0 aliphatic heterocycles. The van der Waals surface area contributed by atoms with Crippen LogP contribution in [0.15, 0.2) is 16.3 Å². The summed E-state index contributed by atoms with van der Waals surface area (Å²) in [6.07, 6.45) is 1.55. The maximum Gasteiger partial charge on any atom is 0.164 e. The van der Waals surface area contributed by atoms with Crippen LogP contribution >= 0.6 is 27.3 Å². The minimum absolute atomic E-state index is 0.0638. The lowest BCUT2D eigenvalue weighted by Crippen LogP contribution is -2.09. The molecule has 1 atom stereocenters. The molecular weight excluding hydrogens is 364 g/mol. The van der Waals surface area contributed by atoms with Crippen LogP contribution in [0, 0.1) is 0 Å².